The highest BCUT2D eigenvalue weighted by Crippen LogP contribution is 2.44. The maximum absolute atomic E-state index is 14.9. The van der Waals surface area contributed by atoms with Crippen molar-refractivity contribution in [3.63, 3.8) is 0 Å². The van der Waals surface area contributed by atoms with Gasteiger partial charge in [0.2, 0.25) is 0 Å². The molecule has 2 aliphatic rings. The summed E-state index contributed by atoms with van der Waals surface area (Å²) in [6, 6.07) is 0. The number of aliphatic hydroxyl groups is 2. The Bertz CT molecular complexity index is 977. The molecule has 36 heavy (non-hydrogen) atoms. The molecule has 1 unspecified atom stereocenters. The lowest BCUT2D eigenvalue weighted by molar-refractivity contribution is -0.154. The van der Waals surface area contributed by atoms with Crippen molar-refractivity contribution in [1.82, 2.24) is 4.98 Å². The van der Waals surface area contributed by atoms with Crippen LogP contribution in [0.5, 0.6) is 0 Å². The quantitative estimate of drug-likeness (QED) is 0.432. The van der Waals surface area contributed by atoms with E-state index in [0.717, 1.165) is 24.3 Å². The number of Topliss-reactive ketones (excluding diaryl/α,β-unsaturated/α-hetero) is 1. The van der Waals surface area contributed by atoms with Gasteiger partial charge in [0.15, 0.2) is 0 Å². The molecule has 2 N–H and O–H groups in total. The Labute approximate surface area is 217 Å². The van der Waals surface area contributed by atoms with Crippen LogP contribution < -0.4 is 0 Å². The van der Waals surface area contributed by atoms with Gasteiger partial charge in [-0.3, -0.25) is 9.59 Å². The van der Waals surface area contributed by atoms with Gasteiger partial charge in [-0.15, -0.1) is 11.3 Å². The first kappa shape index (κ1) is 28.9. The number of fused-ring (bicyclic) bond motifs is 1. The topological polar surface area (TPSA) is 109 Å². The van der Waals surface area contributed by atoms with Crippen molar-refractivity contribution in [3.05, 3.63) is 22.2 Å². The smallest absolute Gasteiger partial charge is 0.309 e. The minimum atomic E-state index is -1.32. The number of aromatic nitrogens is 1. The molecule has 1 aromatic rings. The summed E-state index contributed by atoms with van der Waals surface area (Å²) in [5, 5.41) is 24.2. The number of hydrogen-bond acceptors (Lipinski definition) is 8. The molecule has 3 rings (SSSR count). The minimum absolute atomic E-state index is 0.114. The number of aliphatic hydroxyl groups excluding tert-OH is 2. The van der Waals surface area contributed by atoms with Gasteiger partial charge in [-0.05, 0) is 45.1 Å². The molecule has 2 fully saturated rings. The zero-order valence-corrected chi connectivity index (χ0v) is 22.9. The van der Waals surface area contributed by atoms with Crippen molar-refractivity contribution in [2.45, 2.75) is 110 Å². The number of hydrogen-bond donors (Lipinski definition) is 2. The van der Waals surface area contributed by atoms with Crippen LogP contribution in [0.4, 0.5) is 4.39 Å². The van der Waals surface area contributed by atoms with Crippen molar-refractivity contribution in [2.24, 2.45) is 17.3 Å². The minimum Gasteiger partial charge on any atom is -0.458 e. The van der Waals surface area contributed by atoms with Gasteiger partial charge in [0, 0.05) is 17.7 Å². The van der Waals surface area contributed by atoms with E-state index in [1.165, 1.54) is 17.4 Å². The van der Waals surface area contributed by atoms with E-state index in [2.05, 4.69) is 4.98 Å². The number of nitrogens with zero attached hydrogens (tertiary/aromatic N) is 1. The van der Waals surface area contributed by atoms with Crippen molar-refractivity contribution >= 4 is 28.9 Å². The van der Waals surface area contributed by atoms with Crippen LogP contribution >= 0.6 is 11.3 Å². The second kappa shape index (κ2) is 11.4. The van der Waals surface area contributed by atoms with Crippen molar-refractivity contribution < 1.29 is 33.7 Å². The summed E-state index contributed by atoms with van der Waals surface area (Å²) in [4.78, 5) is 30.4. The molecule has 0 radical (unpaired) electrons. The van der Waals surface area contributed by atoms with Crippen LogP contribution in [0, 0.1) is 24.2 Å². The first-order valence-corrected chi connectivity index (χ1v) is 13.7. The van der Waals surface area contributed by atoms with Crippen LogP contribution in [0.15, 0.2) is 11.5 Å². The van der Waals surface area contributed by atoms with E-state index in [-0.39, 0.29) is 29.9 Å². The third kappa shape index (κ3) is 6.60. The van der Waals surface area contributed by atoms with Gasteiger partial charge in [0.05, 0.1) is 40.8 Å². The van der Waals surface area contributed by atoms with Crippen LogP contribution in [0.25, 0.3) is 5.83 Å². The van der Waals surface area contributed by atoms with Crippen molar-refractivity contribution in [3.8, 4) is 0 Å². The molecule has 0 aliphatic carbocycles. The highest BCUT2D eigenvalue weighted by molar-refractivity contribution is 7.09. The summed E-state index contributed by atoms with van der Waals surface area (Å²) < 4.78 is 26.5. The molecule has 7 atom stereocenters. The average molecular weight is 526 g/mol. The number of ether oxygens (including phenoxy) is 2. The summed E-state index contributed by atoms with van der Waals surface area (Å²) in [7, 11) is 0. The number of thiazole rings is 1. The van der Waals surface area contributed by atoms with Gasteiger partial charge in [-0.1, -0.05) is 34.1 Å². The van der Waals surface area contributed by atoms with Gasteiger partial charge in [-0.25, -0.2) is 9.37 Å². The van der Waals surface area contributed by atoms with E-state index in [4.69, 9.17) is 9.47 Å². The fourth-order valence-corrected chi connectivity index (χ4v) is 5.69. The SMILES string of the molecule is CC[C@H]1C(=O)C(C)(C)[C@@H](O)CC(=O)O[C@H](/C=C(\F)c2csc(C)n2)C[C@H]2O[C@]2(C)CCC[C@@H](C)C1O. The van der Waals surface area contributed by atoms with E-state index >= 15 is 0 Å². The Morgan fingerprint density at radius 1 is 1.31 bits per heavy atom. The Hall–Kier alpha value is -1.68. The van der Waals surface area contributed by atoms with Gasteiger partial charge < -0.3 is 19.7 Å². The molecule has 2 aliphatic heterocycles. The Morgan fingerprint density at radius 2 is 2.00 bits per heavy atom. The normalized spacial score (nSPS) is 36.8. The van der Waals surface area contributed by atoms with E-state index in [9.17, 15) is 24.2 Å². The highest BCUT2D eigenvalue weighted by Gasteiger charge is 2.52. The lowest BCUT2D eigenvalue weighted by Crippen LogP contribution is -2.46. The third-order valence-electron chi connectivity index (χ3n) is 7.89. The first-order valence-electron chi connectivity index (χ1n) is 12.9. The highest BCUT2D eigenvalue weighted by atomic mass is 32.1. The zero-order chi connectivity index (χ0) is 26.8. The summed E-state index contributed by atoms with van der Waals surface area (Å²) in [6.45, 7) is 10.7. The van der Waals surface area contributed by atoms with Gasteiger partial charge >= 0.3 is 5.97 Å². The molecule has 1 aromatic heterocycles. The summed E-state index contributed by atoms with van der Waals surface area (Å²) in [5.41, 5.74) is -1.51. The standard InChI is InChI=1S/C27H40FNO6S/c1-7-18-24(32)15(2)9-8-10-27(6)22(35-27)12-17(11-19(28)20-14-36-16(3)29-20)34-23(31)13-21(30)26(4,5)25(18)33/h11,14-15,17-18,21-22,24,30,32H,7-10,12-13H2,1-6H3/b19-11-/t15-,17-,18-,21+,22-,24?,27-/m1/s1. The number of ketones is 1. The average Bonchev–Trinajstić information content (AvgIpc) is 3.20. The maximum atomic E-state index is 14.9. The molecule has 0 spiro atoms. The van der Waals surface area contributed by atoms with Crippen LogP contribution in [-0.2, 0) is 19.1 Å². The number of epoxide rings is 1. The Balaban J connectivity index is 1.87. The first-order chi connectivity index (χ1) is 16.8. The summed E-state index contributed by atoms with van der Waals surface area (Å²) in [5.74, 6) is -2.37. The molecule has 7 nitrogen and oxygen atoms in total. The van der Waals surface area contributed by atoms with E-state index < -0.39 is 53.5 Å². The van der Waals surface area contributed by atoms with Gasteiger partial charge in [0.1, 0.15) is 23.4 Å². The number of aryl methyl sites for hydroxylation is 1. The van der Waals surface area contributed by atoms with Crippen molar-refractivity contribution in [2.75, 3.05) is 0 Å². The lowest BCUT2D eigenvalue weighted by Gasteiger charge is -2.35. The lowest BCUT2D eigenvalue weighted by atomic mass is 9.71. The van der Waals surface area contributed by atoms with Crippen LogP contribution in [0.2, 0.25) is 0 Å². The van der Waals surface area contributed by atoms with Crippen molar-refractivity contribution in [1.29, 1.82) is 0 Å². The number of cyclic esters (lactones) is 1. The van der Waals surface area contributed by atoms with Crippen LogP contribution in [0.3, 0.4) is 0 Å². The number of carbonyl (C=O) groups excluding carboxylic acids is 2. The van der Waals surface area contributed by atoms with Gasteiger partial charge in [0.25, 0.3) is 0 Å². The summed E-state index contributed by atoms with van der Waals surface area (Å²) >= 11 is 1.33. The molecule has 0 aromatic carbocycles. The molecule has 202 valence electrons. The van der Waals surface area contributed by atoms with E-state index in [0.29, 0.717) is 6.42 Å². The second-order valence-corrected chi connectivity index (χ2v) is 12.2. The maximum Gasteiger partial charge on any atom is 0.309 e. The van der Waals surface area contributed by atoms with Gasteiger partial charge in [-0.2, -0.15) is 0 Å². The number of carbonyl (C=O) groups is 2. The zero-order valence-electron chi connectivity index (χ0n) is 22.1. The molecular weight excluding hydrogens is 485 g/mol. The summed E-state index contributed by atoms with van der Waals surface area (Å²) in [6.07, 6.45) is 0.474. The Kier molecular flexibility index (Phi) is 9.13. The molecule has 3 heterocycles. The number of esters is 1. The van der Waals surface area contributed by atoms with E-state index in [1.54, 1.807) is 26.2 Å². The van der Waals surface area contributed by atoms with E-state index in [1.807, 2.05) is 20.8 Å². The monoisotopic (exact) mass is 525 g/mol. The predicted molar refractivity (Wildman–Crippen MR) is 136 cm³/mol. The largest absolute Gasteiger partial charge is 0.458 e. The third-order valence-corrected chi connectivity index (χ3v) is 8.67. The molecule has 0 amide bonds. The van der Waals surface area contributed by atoms with Crippen LogP contribution in [0.1, 0.15) is 83.8 Å². The molecule has 9 heteroatoms. The molecule has 0 saturated carbocycles. The molecular formula is C27H40FNO6S. The van der Waals surface area contributed by atoms with Crippen LogP contribution in [-0.4, -0.2) is 57.0 Å². The Morgan fingerprint density at radius 3 is 2.61 bits per heavy atom. The number of halogens is 1. The fraction of sp³-hybridized carbons (Fsp3) is 0.741. The molecule has 0 bridgehead atoms. The second-order valence-electron chi connectivity index (χ2n) is 11.1. The number of rotatable bonds is 3. The predicted octanol–water partition coefficient (Wildman–Crippen LogP) is 4.77. The fourth-order valence-electron chi connectivity index (χ4n) is 5.09. The molecule has 2 saturated heterocycles.